The third kappa shape index (κ3) is 3.11. The topological polar surface area (TPSA) is 62.1 Å². The fourth-order valence-corrected chi connectivity index (χ4v) is 0.778. The van der Waals surface area contributed by atoms with E-state index in [2.05, 4.69) is 0 Å². The highest BCUT2D eigenvalue weighted by Crippen LogP contribution is 2.10. The van der Waals surface area contributed by atoms with Crippen LogP contribution in [0.4, 0.5) is 4.39 Å². The molecule has 0 saturated heterocycles. The van der Waals surface area contributed by atoms with Gasteiger partial charge in [-0.25, -0.2) is 4.39 Å². The Morgan fingerprint density at radius 1 is 1.50 bits per heavy atom. The minimum Gasteiger partial charge on any atom is -0.484 e. The van der Waals surface area contributed by atoms with E-state index < -0.39 is 5.91 Å². The van der Waals surface area contributed by atoms with Gasteiger partial charge in [-0.15, -0.1) is 0 Å². The number of benzene rings is 1. The average Bonchev–Trinajstić information content (AvgIpc) is 2.17. The lowest BCUT2D eigenvalue weighted by Crippen LogP contribution is -2.24. The SMILES string of the molecule is N#CNC(=O)COc1ccc(F)cc1. The van der Waals surface area contributed by atoms with Gasteiger partial charge in [-0.2, -0.15) is 5.26 Å². The largest absolute Gasteiger partial charge is 0.484 e. The van der Waals surface area contributed by atoms with Gasteiger partial charge in [0.25, 0.3) is 5.91 Å². The highest BCUT2D eigenvalue weighted by Gasteiger charge is 2.00. The third-order valence-corrected chi connectivity index (χ3v) is 1.38. The molecule has 0 radical (unpaired) electrons. The summed E-state index contributed by atoms with van der Waals surface area (Å²) in [6, 6.07) is 5.24. The Labute approximate surface area is 79.9 Å². The molecule has 72 valence electrons. The zero-order chi connectivity index (χ0) is 10.4. The molecule has 4 nitrogen and oxygen atoms in total. The first-order valence-corrected chi connectivity index (χ1v) is 3.78. The van der Waals surface area contributed by atoms with Crippen LogP contribution in [0.25, 0.3) is 0 Å². The Morgan fingerprint density at radius 3 is 2.71 bits per heavy atom. The number of nitrogens with zero attached hydrogens (tertiary/aromatic N) is 1. The van der Waals surface area contributed by atoms with Gasteiger partial charge >= 0.3 is 0 Å². The molecule has 0 saturated carbocycles. The van der Waals surface area contributed by atoms with E-state index in [9.17, 15) is 9.18 Å². The minimum atomic E-state index is -0.545. The van der Waals surface area contributed by atoms with Crippen LogP contribution >= 0.6 is 0 Å². The molecule has 0 aromatic heterocycles. The second kappa shape index (κ2) is 4.82. The number of carbonyl (C=O) groups excluding carboxylic acids is 1. The van der Waals surface area contributed by atoms with Crippen LogP contribution in [0, 0.1) is 17.3 Å². The van der Waals surface area contributed by atoms with Crippen molar-refractivity contribution in [2.75, 3.05) is 6.61 Å². The molecule has 1 aromatic rings. The second-order valence-electron chi connectivity index (χ2n) is 2.40. The normalized spacial score (nSPS) is 8.86. The minimum absolute atomic E-state index is 0.265. The van der Waals surface area contributed by atoms with Crippen LogP contribution < -0.4 is 10.1 Å². The molecule has 0 atom stereocenters. The number of hydrogen-bond donors (Lipinski definition) is 1. The van der Waals surface area contributed by atoms with E-state index in [0.29, 0.717) is 5.75 Å². The van der Waals surface area contributed by atoms with E-state index in [1.165, 1.54) is 30.5 Å². The fourth-order valence-electron chi connectivity index (χ4n) is 0.778. The highest BCUT2D eigenvalue weighted by atomic mass is 19.1. The van der Waals surface area contributed by atoms with Crippen LogP contribution in [0.1, 0.15) is 0 Å². The Hall–Kier alpha value is -2.09. The van der Waals surface area contributed by atoms with Crippen LogP contribution in [-0.2, 0) is 4.79 Å². The summed E-state index contributed by atoms with van der Waals surface area (Å²) in [5.41, 5.74) is 0. The van der Waals surface area contributed by atoms with Crippen LogP contribution in [0.2, 0.25) is 0 Å². The highest BCUT2D eigenvalue weighted by molar-refractivity contribution is 5.78. The Morgan fingerprint density at radius 2 is 2.14 bits per heavy atom. The summed E-state index contributed by atoms with van der Waals surface area (Å²) >= 11 is 0. The molecule has 0 aliphatic carbocycles. The molecule has 0 heterocycles. The smallest absolute Gasteiger partial charge is 0.270 e. The predicted octanol–water partition coefficient (Wildman–Crippen LogP) is 0.802. The molecular weight excluding hydrogens is 187 g/mol. The van der Waals surface area contributed by atoms with Crippen molar-refractivity contribution in [1.29, 1.82) is 5.26 Å². The molecule has 1 amide bonds. The van der Waals surface area contributed by atoms with Gasteiger partial charge in [-0.1, -0.05) is 0 Å². The molecule has 1 aromatic carbocycles. The molecule has 0 spiro atoms. The van der Waals surface area contributed by atoms with Gasteiger partial charge in [0.15, 0.2) is 12.8 Å². The number of ether oxygens (including phenoxy) is 1. The molecule has 0 fully saturated rings. The molecule has 1 rings (SSSR count). The molecule has 1 N–H and O–H groups in total. The first-order chi connectivity index (χ1) is 6.72. The summed E-state index contributed by atoms with van der Waals surface area (Å²) in [5, 5.41) is 9.98. The number of halogens is 1. The quantitative estimate of drug-likeness (QED) is 0.571. The van der Waals surface area contributed by atoms with E-state index in [-0.39, 0.29) is 12.4 Å². The van der Waals surface area contributed by atoms with Crippen LogP contribution in [-0.4, -0.2) is 12.5 Å². The predicted molar refractivity (Wildman–Crippen MR) is 45.7 cm³/mol. The van der Waals surface area contributed by atoms with Crippen molar-refractivity contribution in [1.82, 2.24) is 5.32 Å². The number of amides is 1. The van der Waals surface area contributed by atoms with Gasteiger partial charge in [0, 0.05) is 0 Å². The molecular formula is C9H7FN2O2. The summed E-state index contributed by atoms with van der Waals surface area (Å²) in [6.45, 7) is -0.265. The van der Waals surface area contributed by atoms with Crippen molar-refractivity contribution in [3.05, 3.63) is 30.1 Å². The number of rotatable bonds is 3. The van der Waals surface area contributed by atoms with Crippen molar-refractivity contribution in [3.63, 3.8) is 0 Å². The summed E-state index contributed by atoms with van der Waals surface area (Å²) < 4.78 is 17.4. The van der Waals surface area contributed by atoms with Crippen molar-refractivity contribution < 1.29 is 13.9 Å². The molecule has 14 heavy (non-hydrogen) atoms. The maximum atomic E-state index is 12.4. The van der Waals surface area contributed by atoms with E-state index in [4.69, 9.17) is 10.00 Å². The van der Waals surface area contributed by atoms with Crippen molar-refractivity contribution in [3.8, 4) is 11.9 Å². The lowest BCUT2D eigenvalue weighted by Gasteiger charge is -2.03. The summed E-state index contributed by atoms with van der Waals surface area (Å²) in [5.74, 6) is -0.546. The first-order valence-electron chi connectivity index (χ1n) is 3.78. The van der Waals surface area contributed by atoms with E-state index in [1.54, 1.807) is 0 Å². The van der Waals surface area contributed by atoms with Gasteiger partial charge in [0.05, 0.1) is 0 Å². The standard InChI is InChI=1S/C9H7FN2O2/c10-7-1-3-8(4-2-7)14-5-9(13)12-6-11/h1-4H,5H2,(H,12,13). The fraction of sp³-hybridized carbons (Fsp3) is 0.111. The van der Waals surface area contributed by atoms with Crippen molar-refractivity contribution in [2.24, 2.45) is 0 Å². The molecule has 0 unspecified atom stereocenters. The number of nitriles is 1. The molecule has 5 heteroatoms. The van der Waals surface area contributed by atoms with Crippen LogP contribution in [0.3, 0.4) is 0 Å². The monoisotopic (exact) mass is 194 g/mol. The van der Waals surface area contributed by atoms with Gasteiger partial charge < -0.3 is 4.74 Å². The van der Waals surface area contributed by atoms with Gasteiger partial charge in [0.1, 0.15) is 11.6 Å². The zero-order valence-electron chi connectivity index (χ0n) is 7.16. The van der Waals surface area contributed by atoms with Crippen LogP contribution in [0.15, 0.2) is 24.3 Å². The van der Waals surface area contributed by atoms with Crippen LogP contribution in [0.5, 0.6) is 5.75 Å². The zero-order valence-corrected chi connectivity index (χ0v) is 7.16. The summed E-state index contributed by atoms with van der Waals surface area (Å²) in [7, 11) is 0. The van der Waals surface area contributed by atoms with E-state index >= 15 is 0 Å². The first kappa shape index (κ1) is 9.99. The lowest BCUT2D eigenvalue weighted by molar-refractivity contribution is -0.121. The van der Waals surface area contributed by atoms with E-state index in [0.717, 1.165) is 0 Å². The van der Waals surface area contributed by atoms with Gasteiger partial charge in [-0.3, -0.25) is 10.1 Å². The number of hydrogen-bond acceptors (Lipinski definition) is 3. The molecule has 0 aliphatic heterocycles. The van der Waals surface area contributed by atoms with Gasteiger partial charge in [-0.05, 0) is 24.3 Å². The van der Waals surface area contributed by atoms with Crippen molar-refractivity contribution >= 4 is 5.91 Å². The van der Waals surface area contributed by atoms with Crippen molar-refractivity contribution in [2.45, 2.75) is 0 Å². The Balaban J connectivity index is 2.43. The van der Waals surface area contributed by atoms with E-state index in [1.807, 2.05) is 5.32 Å². The molecule has 0 bridgehead atoms. The maximum Gasteiger partial charge on any atom is 0.270 e. The summed E-state index contributed by atoms with van der Waals surface area (Å²) in [6.07, 6.45) is 1.47. The number of nitrogens with one attached hydrogen (secondary N) is 1. The Bertz CT molecular complexity index is 356. The third-order valence-electron chi connectivity index (χ3n) is 1.38. The lowest BCUT2D eigenvalue weighted by atomic mass is 10.3. The number of carbonyl (C=O) groups is 1. The maximum absolute atomic E-state index is 12.4. The van der Waals surface area contributed by atoms with Gasteiger partial charge in [0.2, 0.25) is 0 Å². The summed E-state index contributed by atoms with van der Waals surface area (Å²) in [4.78, 5) is 10.8. The molecule has 0 aliphatic rings. The second-order valence-corrected chi connectivity index (χ2v) is 2.40. The average molecular weight is 194 g/mol. The Kier molecular flexibility index (Phi) is 3.44.